The van der Waals surface area contributed by atoms with Crippen molar-refractivity contribution < 1.29 is 14.4 Å². The number of anilines is 1. The lowest BCUT2D eigenvalue weighted by Gasteiger charge is -2.07. The Morgan fingerprint density at radius 3 is 2.30 bits per heavy atom. The second-order valence-corrected chi connectivity index (χ2v) is 6.88. The van der Waals surface area contributed by atoms with Crippen LogP contribution in [-0.2, 0) is 6.54 Å². The van der Waals surface area contributed by atoms with E-state index < -0.39 is 15.5 Å². The van der Waals surface area contributed by atoms with E-state index in [1.807, 2.05) is 36.0 Å². The van der Waals surface area contributed by atoms with Gasteiger partial charge in [-0.05, 0) is 30.7 Å². The second kappa shape index (κ2) is 9.10. The lowest BCUT2D eigenvalue weighted by atomic mass is 10.1. The number of rotatable bonds is 7. The fraction of sp³-hybridized carbons (Fsp3) is 0.100. The molecule has 0 aliphatic carbocycles. The fourth-order valence-corrected chi connectivity index (χ4v) is 2.78. The van der Waals surface area contributed by atoms with E-state index in [0.717, 1.165) is 17.2 Å². The van der Waals surface area contributed by atoms with Crippen molar-refractivity contribution in [2.75, 3.05) is 5.43 Å². The number of hydrogen-bond acceptors (Lipinski definition) is 6. The minimum atomic E-state index is -0.693. The molecule has 0 aliphatic rings. The van der Waals surface area contributed by atoms with Gasteiger partial charge in [0.05, 0.1) is 15.9 Å². The number of nitro benzene ring substituents is 2. The molecule has 0 saturated carbocycles. The van der Waals surface area contributed by atoms with Gasteiger partial charge in [-0.25, -0.2) is 0 Å². The Hall–Kier alpha value is -3.85. The smallest absolute Gasteiger partial charge is 0.271 e. The van der Waals surface area contributed by atoms with Crippen LogP contribution in [0, 0.1) is 27.2 Å². The van der Waals surface area contributed by atoms with Gasteiger partial charge in [-0.15, -0.1) is 0 Å². The molecule has 2 aromatic carbocycles. The van der Waals surface area contributed by atoms with Crippen LogP contribution in [0.15, 0.2) is 72.1 Å². The third-order valence-corrected chi connectivity index (χ3v) is 4.52. The molecule has 9 nitrogen and oxygen atoms in total. The average Bonchev–Trinajstić information content (AvgIpc) is 2.73. The van der Waals surface area contributed by atoms with Crippen molar-refractivity contribution in [1.82, 2.24) is 0 Å². The minimum Gasteiger partial charge on any atom is -0.271 e. The summed E-state index contributed by atoms with van der Waals surface area (Å²) in [6.07, 6.45) is 3.80. The van der Waals surface area contributed by atoms with Gasteiger partial charge in [0.15, 0.2) is 18.9 Å². The summed E-state index contributed by atoms with van der Waals surface area (Å²) in [5.74, 6) is 0. The Morgan fingerprint density at radius 1 is 1.03 bits per heavy atom. The van der Waals surface area contributed by atoms with Crippen LogP contribution >= 0.6 is 11.6 Å². The molecule has 0 aliphatic heterocycles. The summed E-state index contributed by atoms with van der Waals surface area (Å²) in [6, 6.07) is 14.3. The first-order valence-corrected chi connectivity index (χ1v) is 9.18. The lowest BCUT2D eigenvalue weighted by Crippen LogP contribution is -2.37. The molecule has 0 amide bonds. The van der Waals surface area contributed by atoms with Crippen molar-refractivity contribution >= 4 is 34.4 Å². The molecule has 3 rings (SSSR count). The van der Waals surface area contributed by atoms with E-state index in [4.69, 9.17) is 11.6 Å². The molecule has 0 unspecified atom stereocenters. The Balaban J connectivity index is 1.97. The number of hydrogen-bond donors (Lipinski definition) is 1. The van der Waals surface area contributed by atoms with Crippen LogP contribution in [0.25, 0.3) is 0 Å². The highest BCUT2D eigenvalue weighted by molar-refractivity contribution is 6.30. The molecule has 0 saturated heterocycles. The van der Waals surface area contributed by atoms with E-state index in [-0.39, 0.29) is 11.4 Å². The largest absolute Gasteiger partial charge is 0.301 e. The standard InChI is InChI=1S/C20H17ClN5O4/c1-14-8-10-24(11-9-14)13-19(15-2-4-16(21)5-3-15)23-22-18-7-6-17(25(27)28)12-20(18)26(29)30/h2-12,22H,13H2,1H3/q+1/b23-19+. The van der Waals surface area contributed by atoms with Gasteiger partial charge < -0.3 is 0 Å². The number of pyridine rings is 1. The summed E-state index contributed by atoms with van der Waals surface area (Å²) in [5.41, 5.74) is 4.39. The topological polar surface area (TPSA) is 115 Å². The number of non-ortho nitro benzene ring substituents is 1. The molecule has 152 valence electrons. The van der Waals surface area contributed by atoms with E-state index in [9.17, 15) is 20.2 Å². The van der Waals surface area contributed by atoms with Gasteiger partial charge >= 0.3 is 5.69 Å². The molecule has 10 heteroatoms. The van der Waals surface area contributed by atoms with Crippen molar-refractivity contribution in [3.63, 3.8) is 0 Å². The van der Waals surface area contributed by atoms with E-state index in [1.165, 1.54) is 12.1 Å². The van der Waals surface area contributed by atoms with Gasteiger partial charge in [-0.2, -0.15) is 9.67 Å². The lowest BCUT2D eigenvalue weighted by molar-refractivity contribution is -0.681. The van der Waals surface area contributed by atoms with Crippen LogP contribution in [-0.4, -0.2) is 15.6 Å². The molecule has 3 aromatic rings. The predicted octanol–water partition coefficient (Wildman–Crippen LogP) is 4.27. The number of benzene rings is 2. The van der Waals surface area contributed by atoms with Crippen molar-refractivity contribution in [3.05, 3.63) is 103 Å². The van der Waals surface area contributed by atoms with Crippen LogP contribution in [0.5, 0.6) is 0 Å². The van der Waals surface area contributed by atoms with Crippen LogP contribution < -0.4 is 9.99 Å². The molecule has 0 bridgehead atoms. The van der Waals surface area contributed by atoms with Crippen molar-refractivity contribution in [1.29, 1.82) is 0 Å². The van der Waals surface area contributed by atoms with Gasteiger partial charge in [0.25, 0.3) is 5.69 Å². The highest BCUT2D eigenvalue weighted by Gasteiger charge is 2.20. The molecule has 0 spiro atoms. The predicted molar refractivity (Wildman–Crippen MR) is 113 cm³/mol. The number of aromatic nitrogens is 1. The quantitative estimate of drug-likeness (QED) is 0.262. The van der Waals surface area contributed by atoms with Gasteiger partial charge in [-0.1, -0.05) is 23.7 Å². The monoisotopic (exact) mass is 426 g/mol. The molecule has 0 atom stereocenters. The Morgan fingerprint density at radius 2 is 1.70 bits per heavy atom. The molecular weight excluding hydrogens is 410 g/mol. The van der Waals surface area contributed by atoms with Crippen LogP contribution in [0.1, 0.15) is 11.1 Å². The number of nitro groups is 2. The molecule has 0 radical (unpaired) electrons. The van der Waals surface area contributed by atoms with E-state index in [1.54, 1.807) is 24.3 Å². The summed E-state index contributed by atoms with van der Waals surface area (Å²) in [6.45, 7) is 2.36. The summed E-state index contributed by atoms with van der Waals surface area (Å²) < 4.78 is 1.91. The van der Waals surface area contributed by atoms with Crippen molar-refractivity contribution in [2.45, 2.75) is 13.5 Å². The fourth-order valence-electron chi connectivity index (χ4n) is 2.65. The van der Waals surface area contributed by atoms with E-state index in [0.29, 0.717) is 17.3 Å². The van der Waals surface area contributed by atoms with Gasteiger partial charge in [0.1, 0.15) is 11.4 Å². The number of nitrogens with one attached hydrogen (secondary N) is 1. The summed E-state index contributed by atoms with van der Waals surface area (Å²) in [7, 11) is 0. The summed E-state index contributed by atoms with van der Waals surface area (Å²) >= 11 is 5.97. The zero-order valence-electron chi connectivity index (χ0n) is 15.9. The third kappa shape index (κ3) is 5.15. The maximum absolute atomic E-state index is 11.3. The third-order valence-electron chi connectivity index (χ3n) is 4.27. The van der Waals surface area contributed by atoms with Crippen LogP contribution in [0.3, 0.4) is 0 Å². The summed E-state index contributed by atoms with van der Waals surface area (Å²) in [5, 5.41) is 27.2. The number of hydrazone groups is 1. The van der Waals surface area contributed by atoms with Crippen LogP contribution in [0.4, 0.5) is 17.1 Å². The molecule has 1 N–H and O–H groups in total. The van der Waals surface area contributed by atoms with Gasteiger partial charge in [0, 0.05) is 28.8 Å². The van der Waals surface area contributed by atoms with E-state index >= 15 is 0 Å². The molecule has 30 heavy (non-hydrogen) atoms. The Kier molecular flexibility index (Phi) is 6.33. The second-order valence-electron chi connectivity index (χ2n) is 6.44. The zero-order chi connectivity index (χ0) is 21.7. The molecule has 0 fully saturated rings. The van der Waals surface area contributed by atoms with Crippen molar-refractivity contribution in [3.8, 4) is 0 Å². The first kappa shape index (κ1) is 20.9. The number of nitrogens with zero attached hydrogens (tertiary/aromatic N) is 4. The maximum atomic E-state index is 11.3. The molecule has 1 aromatic heterocycles. The first-order chi connectivity index (χ1) is 14.3. The van der Waals surface area contributed by atoms with Gasteiger partial charge in [-0.3, -0.25) is 25.7 Å². The Labute approximate surface area is 176 Å². The van der Waals surface area contributed by atoms with Gasteiger partial charge in [0.2, 0.25) is 0 Å². The molecule has 1 heterocycles. The number of aryl methyl sites for hydroxylation is 1. The Bertz CT molecular complexity index is 1120. The van der Waals surface area contributed by atoms with E-state index in [2.05, 4.69) is 10.5 Å². The highest BCUT2D eigenvalue weighted by Crippen LogP contribution is 2.29. The highest BCUT2D eigenvalue weighted by atomic mass is 35.5. The minimum absolute atomic E-state index is 0.0472. The van der Waals surface area contributed by atoms with Crippen LogP contribution in [0.2, 0.25) is 5.02 Å². The molecular formula is C20H17ClN5O4+. The maximum Gasteiger partial charge on any atom is 0.301 e. The zero-order valence-corrected chi connectivity index (χ0v) is 16.6. The summed E-state index contributed by atoms with van der Waals surface area (Å²) in [4.78, 5) is 20.9. The number of halogens is 1. The first-order valence-electron chi connectivity index (χ1n) is 8.80. The average molecular weight is 427 g/mol. The SMILES string of the molecule is Cc1cc[n+](C/C(=N\Nc2ccc([N+](=O)[O-])cc2[N+](=O)[O-])c2ccc(Cl)cc2)cc1. The van der Waals surface area contributed by atoms with Crippen molar-refractivity contribution in [2.24, 2.45) is 5.10 Å². The normalized spacial score (nSPS) is 11.2.